The fourth-order valence-corrected chi connectivity index (χ4v) is 1.53. The predicted octanol–water partition coefficient (Wildman–Crippen LogP) is 0.700. The fourth-order valence-electron chi connectivity index (χ4n) is 1.21. The van der Waals surface area contributed by atoms with Gasteiger partial charge in [0.25, 0.3) is 0 Å². The van der Waals surface area contributed by atoms with Gasteiger partial charge in [-0.15, -0.1) is 0 Å². The second-order valence-electron chi connectivity index (χ2n) is 3.36. The third-order valence-electron chi connectivity index (χ3n) is 1.86. The Morgan fingerprint density at radius 1 is 1.67 bits per heavy atom. The zero-order chi connectivity index (χ0) is 9.30. The summed E-state index contributed by atoms with van der Waals surface area (Å²) >= 11 is 4.16. The topological polar surface area (TPSA) is 37.4 Å². The lowest BCUT2D eigenvalue weighted by Crippen LogP contribution is -2.35. The van der Waals surface area contributed by atoms with E-state index in [0.717, 1.165) is 0 Å². The minimum Gasteiger partial charge on any atom is -0.281 e. The third-order valence-corrected chi connectivity index (χ3v) is 2.21. The quantitative estimate of drug-likeness (QED) is 0.614. The van der Waals surface area contributed by atoms with E-state index in [1.54, 1.807) is 13.8 Å². The Morgan fingerprint density at radius 2 is 2.25 bits per heavy atom. The second kappa shape index (κ2) is 3.47. The summed E-state index contributed by atoms with van der Waals surface area (Å²) in [5.74, 6) is -0.280. The van der Waals surface area contributed by atoms with Crippen molar-refractivity contribution in [3.05, 3.63) is 0 Å². The maximum atomic E-state index is 11.4. The fraction of sp³-hybridized carbons (Fsp3) is 0.750. The highest BCUT2D eigenvalue weighted by atomic mass is 32.1. The number of hydrogen-bond donors (Lipinski definition) is 1. The van der Waals surface area contributed by atoms with Crippen LogP contribution in [0.3, 0.4) is 0 Å². The Labute approximate surface area is 77.5 Å². The summed E-state index contributed by atoms with van der Waals surface area (Å²) in [6, 6.07) is 0. The van der Waals surface area contributed by atoms with Crippen molar-refractivity contribution in [2.75, 3.05) is 6.54 Å². The first-order chi connectivity index (χ1) is 5.52. The van der Waals surface area contributed by atoms with E-state index in [0.29, 0.717) is 13.0 Å². The van der Waals surface area contributed by atoms with E-state index in [-0.39, 0.29) is 23.0 Å². The van der Waals surface area contributed by atoms with Gasteiger partial charge < -0.3 is 0 Å². The lowest BCUT2D eigenvalue weighted by Gasteiger charge is -2.15. The van der Waals surface area contributed by atoms with Crippen LogP contribution in [0.2, 0.25) is 0 Å². The van der Waals surface area contributed by atoms with Gasteiger partial charge in [0, 0.05) is 24.1 Å². The number of likely N-dealkylation sites (tertiary alicyclic amines) is 1. The monoisotopic (exact) mass is 187 g/mol. The molecule has 0 saturated carbocycles. The molecule has 1 saturated heterocycles. The number of imide groups is 1. The van der Waals surface area contributed by atoms with Gasteiger partial charge in [0.2, 0.25) is 11.8 Å². The molecule has 1 heterocycles. The smallest absolute Gasteiger partial charge is 0.231 e. The van der Waals surface area contributed by atoms with Crippen molar-refractivity contribution in [3.63, 3.8) is 0 Å². The first kappa shape index (κ1) is 9.58. The van der Waals surface area contributed by atoms with Crippen molar-refractivity contribution in [1.82, 2.24) is 4.90 Å². The molecule has 1 fully saturated rings. The van der Waals surface area contributed by atoms with Crippen LogP contribution < -0.4 is 0 Å². The van der Waals surface area contributed by atoms with Crippen LogP contribution in [0, 0.1) is 5.92 Å². The number of carbonyl (C=O) groups is 2. The number of carbonyl (C=O) groups excluding carboxylic acids is 2. The van der Waals surface area contributed by atoms with Crippen molar-refractivity contribution < 1.29 is 9.59 Å². The maximum Gasteiger partial charge on any atom is 0.231 e. The van der Waals surface area contributed by atoms with E-state index in [9.17, 15) is 9.59 Å². The Hall–Kier alpha value is -0.510. The summed E-state index contributed by atoms with van der Waals surface area (Å²) < 4.78 is 0. The molecule has 1 aliphatic rings. The standard InChI is InChI=1S/C8H13NO2S/c1-5(2)8(11)9-4-6(12)3-7(9)10/h5-6,12H,3-4H2,1-2H3. The number of rotatable bonds is 1. The minimum atomic E-state index is -0.104. The van der Waals surface area contributed by atoms with Gasteiger partial charge in [-0.1, -0.05) is 13.8 Å². The van der Waals surface area contributed by atoms with Crippen molar-refractivity contribution in [2.45, 2.75) is 25.5 Å². The molecule has 68 valence electrons. The Kier molecular flexibility index (Phi) is 2.77. The highest BCUT2D eigenvalue weighted by molar-refractivity contribution is 7.81. The molecular formula is C8H13NO2S. The molecule has 0 aromatic heterocycles. The molecule has 0 aromatic rings. The van der Waals surface area contributed by atoms with E-state index >= 15 is 0 Å². The van der Waals surface area contributed by atoms with Crippen LogP contribution in [0.15, 0.2) is 0 Å². The van der Waals surface area contributed by atoms with Gasteiger partial charge in [-0.05, 0) is 0 Å². The van der Waals surface area contributed by atoms with Crippen molar-refractivity contribution in [2.24, 2.45) is 5.92 Å². The van der Waals surface area contributed by atoms with E-state index in [2.05, 4.69) is 12.6 Å². The third kappa shape index (κ3) is 1.80. The van der Waals surface area contributed by atoms with Gasteiger partial charge in [-0.25, -0.2) is 0 Å². The molecule has 0 aromatic carbocycles. The molecule has 1 atom stereocenters. The van der Waals surface area contributed by atoms with Gasteiger partial charge in [0.1, 0.15) is 0 Å². The second-order valence-corrected chi connectivity index (χ2v) is 4.09. The zero-order valence-corrected chi connectivity index (χ0v) is 8.17. The van der Waals surface area contributed by atoms with Crippen LogP contribution in [0.25, 0.3) is 0 Å². The molecule has 4 heteroatoms. The van der Waals surface area contributed by atoms with Crippen molar-refractivity contribution in [1.29, 1.82) is 0 Å². The molecule has 3 nitrogen and oxygen atoms in total. The summed E-state index contributed by atoms with van der Waals surface area (Å²) in [4.78, 5) is 23.9. The van der Waals surface area contributed by atoms with Crippen LogP contribution in [0.1, 0.15) is 20.3 Å². The molecule has 12 heavy (non-hydrogen) atoms. The molecule has 0 spiro atoms. The molecule has 0 N–H and O–H groups in total. The van der Waals surface area contributed by atoms with Crippen molar-refractivity contribution >= 4 is 24.4 Å². The lowest BCUT2D eigenvalue weighted by molar-refractivity contribution is -0.143. The van der Waals surface area contributed by atoms with Crippen molar-refractivity contribution in [3.8, 4) is 0 Å². The Bertz CT molecular complexity index is 215. The molecule has 1 unspecified atom stereocenters. The number of nitrogens with zero attached hydrogens (tertiary/aromatic N) is 1. The summed E-state index contributed by atoms with van der Waals surface area (Å²) in [5, 5.41) is 0.0280. The first-order valence-corrected chi connectivity index (χ1v) is 4.56. The van der Waals surface area contributed by atoms with Gasteiger partial charge in [-0.3, -0.25) is 14.5 Å². The summed E-state index contributed by atoms with van der Waals surface area (Å²) in [7, 11) is 0. The average Bonchev–Trinajstić information content (AvgIpc) is 2.28. The van der Waals surface area contributed by atoms with E-state index in [4.69, 9.17) is 0 Å². The summed E-state index contributed by atoms with van der Waals surface area (Å²) in [6.07, 6.45) is 0.390. The van der Waals surface area contributed by atoms with Crippen LogP contribution in [-0.4, -0.2) is 28.5 Å². The predicted molar refractivity (Wildman–Crippen MR) is 48.9 cm³/mol. The molecule has 0 aliphatic carbocycles. The number of thiol groups is 1. The normalized spacial score (nSPS) is 23.8. The molecule has 1 rings (SSSR count). The maximum absolute atomic E-state index is 11.4. The summed E-state index contributed by atoms with van der Waals surface area (Å²) in [6.45, 7) is 4.06. The SMILES string of the molecule is CC(C)C(=O)N1CC(S)CC1=O. The van der Waals surface area contributed by atoms with E-state index < -0.39 is 0 Å². The van der Waals surface area contributed by atoms with Crippen LogP contribution in [0.4, 0.5) is 0 Å². The van der Waals surface area contributed by atoms with Gasteiger partial charge in [-0.2, -0.15) is 12.6 Å². The number of amides is 2. The highest BCUT2D eigenvalue weighted by Crippen LogP contribution is 2.17. The Morgan fingerprint density at radius 3 is 2.58 bits per heavy atom. The minimum absolute atomic E-state index is 0.0280. The molecule has 0 bridgehead atoms. The largest absolute Gasteiger partial charge is 0.281 e. The lowest BCUT2D eigenvalue weighted by atomic mass is 10.2. The molecular weight excluding hydrogens is 174 g/mol. The number of hydrogen-bond acceptors (Lipinski definition) is 3. The summed E-state index contributed by atoms with van der Waals surface area (Å²) in [5.41, 5.74) is 0. The molecule has 1 aliphatic heterocycles. The van der Waals surface area contributed by atoms with Gasteiger partial charge in [0.05, 0.1) is 0 Å². The molecule has 0 radical (unpaired) electrons. The van der Waals surface area contributed by atoms with Gasteiger partial charge in [0.15, 0.2) is 0 Å². The first-order valence-electron chi connectivity index (χ1n) is 4.04. The molecule has 2 amide bonds. The van der Waals surface area contributed by atoms with Crippen LogP contribution in [0.5, 0.6) is 0 Å². The average molecular weight is 187 g/mol. The zero-order valence-electron chi connectivity index (χ0n) is 7.28. The Balaban J connectivity index is 2.64. The highest BCUT2D eigenvalue weighted by Gasteiger charge is 2.32. The van der Waals surface area contributed by atoms with Crippen LogP contribution >= 0.6 is 12.6 Å². The van der Waals surface area contributed by atoms with E-state index in [1.807, 2.05) is 0 Å². The van der Waals surface area contributed by atoms with Crippen LogP contribution in [-0.2, 0) is 9.59 Å². The van der Waals surface area contributed by atoms with E-state index in [1.165, 1.54) is 4.90 Å². The van der Waals surface area contributed by atoms with Gasteiger partial charge >= 0.3 is 0 Å².